The van der Waals surface area contributed by atoms with Crippen molar-refractivity contribution in [2.45, 2.75) is 70.7 Å². The van der Waals surface area contributed by atoms with Gasteiger partial charge in [-0.2, -0.15) is 5.26 Å². The number of nitrogens with zero attached hydrogens (tertiary/aromatic N) is 1. The van der Waals surface area contributed by atoms with Crippen LogP contribution in [0.25, 0.3) is 0 Å². The van der Waals surface area contributed by atoms with Crippen LogP contribution in [-0.2, 0) is 4.43 Å². The van der Waals surface area contributed by atoms with Crippen LogP contribution in [0.1, 0.15) is 46.5 Å². The maximum atomic E-state index is 8.68. The Kier molecular flexibility index (Phi) is 5.18. The Bertz CT molecular complexity index is 335. The Morgan fingerprint density at radius 1 is 1.22 bits per heavy atom. The summed E-state index contributed by atoms with van der Waals surface area (Å²) in [7, 11) is -1.69. The summed E-state index contributed by atoms with van der Waals surface area (Å²) in [6, 6.07) is 2.10. The number of hydrogen-bond donors (Lipinski definition) is 0. The van der Waals surface area contributed by atoms with Crippen molar-refractivity contribution in [3.05, 3.63) is 12.2 Å². The molecular weight excluding hydrogens is 238 g/mol. The van der Waals surface area contributed by atoms with Gasteiger partial charge in [-0.25, -0.2) is 0 Å². The molecule has 0 bridgehead atoms. The maximum absolute atomic E-state index is 8.68. The van der Waals surface area contributed by atoms with E-state index in [-0.39, 0.29) is 5.04 Å². The summed E-state index contributed by atoms with van der Waals surface area (Å²) >= 11 is 0. The molecular formula is C15H27NOSi. The van der Waals surface area contributed by atoms with Gasteiger partial charge >= 0.3 is 0 Å². The van der Waals surface area contributed by atoms with E-state index < -0.39 is 8.32 Å². The summed E-state index contributed by atoms with van der Waals surface area (Å²) in [6.07, 6.45) is 8.83. The van der Waals surface area contributed by atoms with Gasteiger partial charge in [-0.3, -0.25) is 0 Å². The molecule has 1 saturated carbocycles. The highest BCUT2D eigenvalue weighted by Gasteiger charge is 2.40. The van der Waals surface area contributed by atoms with Crippen molar-refractivity contribution < 1.29 is 4.43 Å². The molecule has 2 atom stereocenters. The van der Waals surface area contributed by atoms with E-state index in [0.29, 0.717) is 12.0 Å². The second-order valence-electron chi connectivity index (χ2n) is 6.85. The fourth-order valence-electron chi connectivity index (χ4n) is 2.21. The molecule has 0 heterocycles. The van der Waals surface area contributed by atoms with Crippen molar-refractivity contribution >= 4 is 8.32 Å². The Balaban J connectivity index is 2.74. The van der Waals surface area contributed by atoms with Crippen molar-refractivity contribution in [2.75, 3.05) is 0 Å². The van der Waals surface area contributed by atoms with Crippen LogP contribution in [-0.4, -0.2) is 14.4 Å². The van der Waals surface area contributed by atoms with Crippen molar-refractivity contribution in [1.29, 1.82) is 5.26 Å². The van der Waals surface area contributed by atoms with Gasteiger partial charge in [0.15, 0.2) is 8.32 Å². The van der Waals surface area contributed by atoms with Crippen LogP contribution in [0.15, 0.2) is 12.2 Å². The van der Waals surface area contributed by atoms with Gasteiger partial charge in [0.2, 0.25) is 0 Å². The molecule has 0 aromatic rings. The van der Waals surface area contributed by atoms with E-state index in [2.05, 4.69) is 46.0 Å². The highest BCUT2D eigenvalue weighted by atomic mass is 28.4. The van der Waals surface area contributed by atoms with Crippen molar-refractivity contribution in [3.63, 3.8) is 0 Å². The minimum Gasteiger partial charge on any atom is -0.413 e. The van der Waals surface area contributed by atoms with Gasteiger partial charge in [-0.15, -0.1) is 0 Å². The van der Waals surface area contributed by atoms with Gasteiger partial charge in [0.25, 0.3) is 0 Å². The number of rotatable bonds is 3. The second kappa shape index (κ2) is 6.03. The molecule has 1 aliphatic carbocycles. The van der Waals surface area contributed by atoms with Crippen LogP contribution >= 0.6 is 0 Å². The fourth-order valence-corrected chi connectivity index (χ4v) is 3.62. The molecule has 2 nitrogen and oxygen atoms in total. The van der Waals surface area contributed by atoms with Crippen molar-refractivity contribution in [2.24, 2.45) is 5.92 Å². The van der Waals surface area contributed by atoms with Crippen LogP contribution in [0.5, 0.6) is 0 Å². The molecule has 0 spiro atoms. The SMILES string of the molecule is CC(C)(C)[Si](C)(C)O[C@@H]1CCCCC1C=CC#N. The lowest BCUT2D eigenvalue weighted by molar-refractivity contribution is 0.102. The van der Waals surface area contributed by atoms with Crippen LogP contribution in [0.2, 0.25) is 18.1 Å². The first kappa shape index (κ1) is 15.5. The topological polar surface area (TPSA) is 33.0 Å². The zero-order valence-corrected chi connectivity index (χ0v) is 13.5. The Morgan fingerprint density at radius 2 is 1.83 bits per heavy atom. The molecule has 0 aromatic heterocycles. The van der Waals surface area contributed by atoms with Crippen LogP contribution in [0.3, 0.4) is 0 Å². The maximum Gasteiger partial charge on any atom is 0.192 e. The van der Waals surface area contributed by atoms with Gasteiger partial charge in [0.1, 0.15) is 0 Å². The van der Waals surface area contributed by atoms with E-state index >= 15 is 0 Å². The van der Waals surface area contributed by atoms with Crippen LogP contribution in [0.4, 0.5) is 0 Å². The normalized spacial score (nSPS) is 26.2. The predicted octanol–water partition coefficient (Wildman–Crippen LogP) is 4.65. The summed E-state index contributed by atoms with van der Waals surface area (Å²) in [5, 5.41) is 8.93. The molecule has 1 fully saturated rings. The van der Waals surface area contributed by atoms with Gasteiger partial charge in [-0.1, -0.05) is 39.7 Å². The van der Waals surface area contributed by atoms with E-state index in [1.807, 2.05) is 0 Å². The third-order valence-corrected chi connectivity index (χ3v) is 8.93. The zero-order valence-electron chi connectivity index (χ0n) is 12.5. The first-order valence-corrected chi connectivity index (χ1v) is 9.93. The third-order valence-electron chi connectivity index (χ3n) is 4.42. The standard InChI is InChI=1S/C15H27NOSi/c1-15(2,3)18(4,5)17-14-11-7-6-9-13(14)10-8-12-16/h8,10,13-14H,6-7,9,11H2,1-5H3/t13?,14-/m1/s1. The van der Waals surface area contributed by atoms with E-state index in [4.69, 9.17) is 9.69 Å². The fraction of sp³-hybridized carbons (Fsp3) is 0.800. The minimum atomic E-state index is -1.69. The highest BCUT2D eigenvalue weighted by molar-refractivity contribution is 6.74. The van der Waals surface area contributed by atoms with Gasteiger partial charge < -0.3 is 4.43 Å². The summed E-state index contributed by atoms with van der Waals surface area (Å²) in [5.74, 6) is 0.438. The molecule has 3 heteroatoms. The Labute approximate surface area is 113 Å². The average molecular weight is 265 g/mol. The van der Waals surface area contributed by atoms with Gasteiger partial charge in [-0.05, 0) is 31.0 Å². The number of allylic oxidation sites excluding steroid dienone is 1. The monoisotopic (exact) mass is 265 g/mol. The molecule has 102 valence electrons. The highest BCUT2D eigenvalue weighted by Crippen LogP contribution is 2.40. The Hall–Kier alpha value is -0.593. The number of hydrogen-bond acceptors (Lipinski definition) is 2. The second-order valence-corrected chi connectivity index (χ2v) is 11.6. The Morgan fingerprint density at radius 3 is 2.39 bits per heavy atom. The molecule has 0 saturated heterocycles. The average Bonchev–Trinajstić information content (AvgIpc) is 2.26. The summed E-state index contributed by atoms with van der Waals surface area (Å²) < 4.78 is 6.53. The predicted molar refractivity (Wildman–Crippen MR) is 78.8 cm³/mol. The molecule has 1 rings (SSSR count). The van der Waals surface area contributed by atoms with Crippen molar-refractivity contribution in [1.82, 2.24) is 0 Å². The van der Waals surface area contributed by atoms with Gasteiger partial charge in [0, 0.05) is 12.0 Å². The summed E-state index contributed by atoms with van der Waals surface area (Å²) in [4.78, 5) is 0. The molecule has 0 radical (unpaired) electrons. The van der Waals surface area contributed by atoms with E-state index in [0.717, 1.165) is 12.8 Å². The number of nitriles is 1. The molecule has 0 amide bonds. The lowest BCUT2D eigenvalue weighted by atomic mass is 9.86. The minimum absolute atomic E-state index is 0.258. The first-order chi connectivity index (χ1) is 8.28. The lowest BCUT2D eigenvalue weighted by Gasteiger charge is -2.42. The van der Waals surface area contributed by atoms with E-state index in [1.54, 1.807) is 6.08 Å². The van der Waals surface area contributed by atoms with Crippen LogP contribution < -0.4 is 0 Å². The molecule has 1 unspecified atom stereocenters. The third kappa shape index (κ3) is 3.96. The zero-order chi connectivity index (χ0) is 13.8. The molecule has 18 heavy (non-hydrogen) atoms. The van der Waals surface area contributed by atoms with Crippen molar-refractivity contribution in [3.8, 4) is 6.07 Å². The smallest absolute Gasteiger partial charge is 0.192 e. The molecule has 0 aliphatic heterocycles. The van der Waals surface area contributed by atoms with E-state index in [9.17, 15) is 0 Å². The first-order valence-electron chi connectivity index (χ1n) is 7.02. The summed E-state index contributed by atoms with van der Waals surface area (Å²) in [6.45, 7) is 11.5. The molecule has 0 aromatic carbocycles. The largest absolute Gasteiger partial charge is 0.413 e. The van der Waals surface area contributed by atoms with Gasteiger partial charge in [0.05, 0.1) is 12.2 Å². The van der Waals surface area contributed by atoms with Crippen LogP contribution in [0, 0.1) is 17.2 Å². The lowest BCUT2D eigenvalue weighted by Crippen LogP contribution is -2.46. The van der Waals surface area contributed by atoms with E-state index in [1.165, 1.54) is 12.8 Å². The summed E-state index contributed by atoms with van der Waals surface area (Å²) in [5.41, 5.74) is 0. The molecule has 1 aliphatic rings. The molecule has 0 N–H and O–H groups in total. The quantitative estimate of drug-likeness (QED) is 0.550.